The van der Waals surface area contributed by atoms with Gasteiger partial charge in [-0.25, -0.2) is 0 Å². The van der Waals surface area contributed by atoms with Crippen molar-refractivity contribution in [3.63, 3.8) is 0 Å². The largest absolute Gasteiger partial charge is 3.00 e. The van der Waals surface area contributed by atoms with E-state index in [2.05, 4.69) is 22.1 Å². The van der Waals surface area contributed by atoms with Crippen LogP contribution in [0.2, 0.25) is 0 Å². The van der Waals surface area contributed by atoms with Crippen LogP contribution in [-0.4, -0.2) is 24.5 Å². The Morgan fingerprint density at radius 3 is 1.62 bits per heavy atom. The van der Waals surface area contributed by atoms with Gasteiger partial charge in [-0.05, 0) is 25.0 Å². The maximum absolute atomic E-state index is 4.39. The summed E-state index contributed by atoms with van der Waals surface area (Å²) in [5, 5.41) is 0. The van der Waals surface area contributed by atoms with Crippen molar-refractivity contribution in [1.29, 1.82) is 0 Å². The maximum atomic E-state index is 4.39. The van der Waals surface area contributed by atoms with E-state index in [1.807, 2.05) is 24.6 Å². The molecule has 0 amide bonds. The van der Waals surface area contributed by atoms with Gasteiger partial charge in [-0.2, -0.15) is 0 Å². The molecule has 2 rings (SSSR count). The first-order chi connectivity index (χ1) is 5.97. The average Bonchev–Trinajstić information content (AvgIpc) is 2.21. The molecule has 13 heavy (non-hydrogen) atoms. The molecular formula is C10H12N2Tb+3. The van der Waals surface area contributed by atoms with Crippen LogP contribution in [0.5, 0.6) is 0 Å². The first-order valence-corrected chi connectivity index (χ1v) is 4.33. The van der Waals surface area contributed by atoms with E-state index in [1.54, 1.807) is 0 Å². The number of hydrogen-bond donors (Lipinski definition) is 0. The maximum Gasteiger partial charge on any atom is 3.00 e. The smallest absolute Gasteiger partial charge is 0.287 e. The zero-order valence-corrected chi connectivity index (χ0v) is 9.40. The zero-order valence-electron chi connectivity index (χ0n) is 7.26. The Hall–Kier alpha value is 0.106. The minimum Gasteiger partial charge on any atom is -0.287 e. The van der Waals surface area contributed by atoms with Gasteiger partial charge in [0.25, 0.3) is 0 Å². The van der Waals surface area contributed by atoms with E-state index in [1.165, 1.54) is 0 Å². The Labute approximate surface area is 109 Å². The van der Waals surface area contributed by atoms with Gasteiger partial charge in [0.2, 0.25) is 0 Å². The number of nitrogens with zero attached hydrogens (tertiary/aromatic N) is 2. The van der Waals surface area contributed by atoms with Crippen LogP contribution in [0.25, 0.3) is 0 Å². The van der Waals surface area contributed by atoms with E-state index in [0.29, 0.717) is 12.1 Å². The molecule has 0 aromatic heterocycles. The van der Waals surface area contributed by atoms with Gasteiger partial charge >= 0.3 is 38.6 Å². The number of allylic oxidation sites excluding steroid dienone is 2. The molecule has 0 aromatic carbocycles. The average molecular weight is 319 g/mol. The van der Waals surface area contributed by atoms with Crippen molar-refractivity contribution in [3.05, 3.63) is 24.3 Å². The van der Waals surface area contributed by atoms with E-state index >= 15 is 0 Å². The van der Waals surface area contributed by atoms with Crippen LogP contribution in [0, 0.1) is 38.6 Å². The zero-order chi connectivity index (χ0) is 8.23. The van der Waals surface area contributed by atoms with E-state index in [0.717, 1.165) is 12.8 Å². The van der Waals surface area contributed by atoms with E-state index in [9.17, 15) is 0 Å². The fourth-order valence-corrected chi connectivity index (χ4v) is 1.51. The molecule has 2 heterocycles. The molecule has 68 valence electrons. The molecule has 2 nitrogen and oxygen atoms in total. The number of dihydropyridines is 2. The summed E-state index contributed by atoms with van der Waals surface area (Å²) in [4.78, 5) is 8.79. The summed E-state index contributed by atoms with van der Waals surface area (Å²) in [5.74, 6) is 0. The summed E-state index contributed by atoms with van der Waals surface area (Å²) in [5.41, 5.74) is 0. The molecule has 0 fully saturated rings. The number of aliphatic imine (C=N–C) groups is 2. The first-order valence-electron chi connectivity index (χ1n) is 4.33. The summed E-state index contributed by atoms with van der Waals surface area (Å²) in [6.07, 6.45) is 14.1. The molecule has 2 atom stereocenters. The molecule has 0 spiro atoms. The van der Waals surface area contributed by atoms with Crippen molar-refractivity contribution in [3.8, 4) is 0 Å². The van der Waals surface area contributed by atoms with Gasteiger partial charge in [-0.3, -0.25) is 9.98 Å². The molecule has 0 saturated carbocycles. The third-order valence-corrected chi connectivity index (χ3v) is 2.20. The fraction of sp³-hybridized carbons (Fsp3) is 0.400. The van der Waals surface area contributed by atoms with Gasteiger partial charge < -0.3 is 0 Å². The minimum atomic E-state index is 0. The first kappa shape index (κ1) is 11.2. The molecule has 3 heteroatoms. The van der Waals surface area contributed by atoms with Crippen LogP contribution >= 0.6 is 0 Å². The minimum absolute atomic E-state index is 0. The topological polar surface area (TPSA) is 24.7 Å². The second-order valence-electron chi connectivity index (χ2n) is 3.06. The van der Waals surface area contributed by atoms with Crippen LogP contribution in [0.1, 0.15) is 12.8 Å². The summed E-state index contributed by atoms with van der Waals surface area (Å²) < 4.78 is 0. The standard InChI is InChI=1S/C10H12N2.Tb/c1-3-7-11-9(5-1)10-6-2-4-8-12-10;/h1-4,7-10H,5-6H2;/q;+3. The summed E-state index contributed by atoms with van der Waals surface area (Å²) in [7, 11) is 0. The van der Waals surface area contributed by atoms with Crippen molar-refractivity contribution < 1.29 is 38.6 Å². The van der Waals surface area contributed by atoms with E-state index < -0.39 is 0 Å². The summed E-state index contributed by atoms with van der Waals surface area (Å²) in [6, 6.07) is 0.743. The molecule has 0 aromatic rings. The second kappa shape index (κ2) is 5.76. The second-order valence-corrected chi connectivity index (χ2v) is 3.06. The Kier molecular flexibility index (Phi) is 4.95. The predicted octanol–water partition coefficient (Wildman–Crippen LogP) is 1.78. The van der Waals surface area contributed by atoms with E-state index in [4.69, 9.17) is 0 Å². The normalized spacial score (nSPS) is 30.2. The fourth-order valence-electron chi connectivity index (χ4n) is 1.51. The number of hydrogen-bond acceptors (Lipinski definition) is 2. The SMILES string of the molecule is C1=CCC(C2CC=CC=N2)N=C1.[Tb+3]. The van der Waals surface area contributed by atoms with Crippen molar-refractivity contribution in [2.45, 2.75) is 24.9 Å². The third-order valence-electron chi connectivity index (χ3n) is 2.20. The Morgan fingerprint density at radius 1 is 0.846 bits per heavy atom. The predicted molar refractivity (Wildman–Crippen MR) is 52.1 cm³/mol. The molecule has 2 unspecified atom stereocenters. The third kappa shape index (κ3) is 3.06. The molecule has 0 radical (unpaired) electrons. The summed E-state index contributed by atoms with van der Waals surface area (Å²) in [6.45, 7) is 0. The van der Waals surface area contributed by atoms with Crippen LogP contribution < -0.4 is 0 Å². The molecular weight excluding hydrogens is 307 g/mol. The van der Waals surface area contributed by atoms with Crippen molar-refractivity contribution in [1.82, 2.24) is 0 Å². The van der Waals surface area contributed by atoms with Gasteiger partial charge in [-0.1, -0.05) is 12.2 Å². The molecule has 0 aliphatic carbocycles. The monoisotopic (exact) mass is 319 g/mol. The molecule has 0 bridgehead atoms. The van der Waals surface area contributed by atoms with Gasteiger partial charge in [0.15, 0.2) is 0 Å². The Balaban J connectivity index is 0.000000845. The number of rotatable bonds is 1. The van der Waals surface area contributed by atoms with E-state index in [-0.39, 0.29) is 38.6 Å². The molecule has 0 N–H and O–H groups in total. The molecule has 2 aliphatic heterocycles. The van der Waals surface area contributed by atoms with Gasteiger partial charge in [-0.15, -0.1) is 0 Å². The van der Waals surface area contributed by atoms with Gasteiger partial charge in [0, 0.05) is 12.4 Å². The van der Waals surface area contributed by atoms with Gasteiger partial charge in [0.05, 0.1) is 12.1 Å². The Bertz CT molecular complexity index is 238. The van der Waals surface area contributed by atoms with Crippen LogP contribution in [0.15, 0.2) is 34.3 Å². The summed E-state index contributed by atoms with van der Waals surface area (Å²) >= 11 is 0. The van der Waals surface area contributed by atoms with Gasteiger partial charge in [0.1, 0.15) is 0 Å². The van der Waals surface area contributed by atoms with Crippen LogP contribution in [-0.2, 0) is 0 Å². The Morgan fingerprint density at radius 2 is 1.31 bits per heavy atom. The van der Waals surface area contributed by atoms with Crippen LogP contribution in [0.3, 0.4) is 0 Å². The molecule has 2 aliphatic rings. The van der Waals surface area contributed by atoms with Crippen molar-refractivity contribution in [2.75, 3.05) is 0 Å². The molecule has 0 saturated heterocycles. The van der Waals surface area contributed by atoms with Crippen molar-refractivity contribution in [2.24, 2.45) is 9.98 Å². The van der Waals surface area contributed by atoms with Crippen molar-refractivity contribution >= 4 is 12.4 Å². The van der Waals surface area contributed by atoms with Crippen LogP contribution in [0.4, 0.5) is 0 Å². The quantitative estimate of drug-likeness (QED) is 0.704.